The molecule has 3 N–H and O–H groups in total. The van der Waals surface area contributed by atoms with Gasteiger partial charge in [-0.3, -0.25) is 4.79 Å². The molecular weight excluding hydrogens is 344 g/mol. The van der Waals surface area contributed by atoms with Crippen molar-refractivity contribution >= 4 is 5.91 Å². The van der Waals surface area contributed by atoms with E-state index in [1.165, 1.54) is 57.8 Å². The maximum atomic E-state index is 12.2. The van der Waals surface area contributed by atoms with Crippen molar-refractivity contribution < 1.29 is 19.7 Å². The smallest absolute Gasteiger partial charge is 0.219 e. The number of rotatable bonds is 20. The first-order valence-electron chi connectivity index (χ1n) is 11.1. The highest BCUT2D eigenvalue weighted by Gasteiger charge is 2.15. The molecule has 0 fully saturated rings. The number of quaternary nitrogens is 1. The van der Waals surface area contributed by atoms with E-state index in [4.69, 9.17) is 10.2 Å². The molecule has 0 atom stereocenters. The van der Waals surface area contributed by atoms with Gasteiger partial charge in [0.15, 0.2) is 0 Å². The van der Waals surface area contributed by atoms with E-state index in [-0.39, 0.29) is 32.2 Å². The largest absolute Gasteiger partial charge is 0.633 e. The number of carbonyl (C=O) groups excluding carboxylic acids is 1. The lowest BCUT2D eigenvalue weighted by atomic mass is 10.1. The first-order valence-corrected chi connectivity index (χ1v) is 11.1. The number of unbranched alkanes of at least 4 members (excludes halogenated alkanes) is 10. The van der Waals surface area contributed by atoms with Crippen LogP contribution >= 0.6 is 0 Å². The van der Waals surface area contributed by atoms with Crippen molar-refractivity contribution in [3.05, 3.63) is 5.21 Å². The van der Waals surface area contributed by atoms with E-state index < -0.39 is 4.65 Å². The van der Waals surface area contributed by atoms with Crippen LogP contribution in [-0.2, 0) is 4.79 Å². The summed E-state index contributed by atoms with van der Waals surface area (Å²) < 4.78 is -0.596. The number of hydrogen-bond donors (Lipinski definition) is 3. The SMILES string of the molecule is CCCCCCCCCCCCCC(=O)NCCC[N+]([O-])(CCO)CCO. The van der Waals surface area contributed by atoms with Crippen LogP contribution in [-0.4, -0.2) is 60.2 Å². The standard InChI is InChI=1S/C21H44N2O4/c1-2-3-4-5-6-7-8-9-10-11-12-14-21(26)22-15-13-16-23(27,17-19-24)18-20-25/h24-25H,2-20H2,1H3,(H,22,26). The Balaban J connectivity index is 3.46. The molecule has 1 amide bonds. The van der Waals surface area contributed by atoms with Crippen molar-refractivity contribution in [3.63, 3.8) is 0 Å². The summed E-state index contributed by atoms with van der Waals surface area (Å²) in [6.07, 6.45) is 15.1. The zero-order valence-corrected chi connectivity index (χ0v) is 17.6. The number of nitrogens with zero attached hydrogens (tertiary/aromatic N) is 1. The molecule has 0 aliphatic rings. The van der Waals surface area contributed by atoms with Crippen LogP contribution < -0.4 is 5.32 Å². The molecule has 0 saturated carbocycles. The first-order chi connectivity index (χ1) is 13.1. The lowest BCUT2D eigenvalue weighted by Crippen LogP contribution is -2.47. The lowest BCUT2D eigenvalue weighted by molar-refractivity contribution is -0.881. The molecule has 0 rings (SSSR count). The number of carbonyl (C=O) groups is 1. The predicted molar refractivity (Wildman–Crippen MR) is 111 cm³/mol. The minimum Gasteiger partial charge on any atom is -0.633 e. The van der Waals surface area contributed by atoms with Gasteiger partial charge >= 0.3 is 0 Å². The Hall–Kier alpha value is -0.690. The molecule has 0 bridgehead atoms. The Morgan fingerprint density at radius 2 is 1.26 bits per heavy atom. The van der Waals surface area contributed by atoms with Crippen molar-refractivity contribution in [1.82, 2.24) is 5.32 Å². The molecule has 0 radical (unpaired) electrons. The fourth-order valence-electron chi connectivity index (χ4n) is 3.33. The summed E-state index contributed by atoms with van der Waals surface area (Å²) in [6.45, 7) is 2.84. The molecule has 6 heteroatoms. The van der Waals surface area contributed by atoms with Crippen LogP contribution in [0.5, 0.6) is 0 Å². The maximum absolute atomic E-state index is 12.2. The van der Waals surface area contributed by atoms with Crippen molar-refractivity contribution in [2.24, 2.45) is 0 Å². The highest BCUT2D eigenvalue weighted by molar-refractivity contribution is 5.75. The average molecular weight is 389 g/mol. The van der Waals surface area contributed by atoms with Crippen LogP contribution in [0.1, 0.15) is 90.4 Å². The molecule has 0 heterocycles. The van der Waals surface area contributed by atoms with Crippen LogP contribution in [0.15, 0.2) is 0 Å². The van der Waals surface area contributed by atoms with E-state index in [0.29, 0.717) is 25.9 Å². The fourth-order valence-corrected chi connectivity index (χ4v) is 3.33. The van der Waals surface area contributed by atoms with Gasteiger partial charge in [0.25, 0.3) is 0 Å². The predicted octanol–water partition coefficient (Wildman–Crippen LogP) is 3.49. The number of hydrogen-bond acceptors (Lipinski definition) is 4. The van der Waals surface area contributed by atoms with Gasteiger partial charge in [-0.15, -0.1) is 0 Å². The quantitative estimate of drug-likeness (QED) is 0.169. The molecule has 6 nitrogen and oxygen atoms in total. The van der Waals surface area contributed by atoms with Crippen molar-refractivity contribution in [2.75, 3.05) is 39.4 Å². The maximum Gasteiger partial charge on any atom is 0.219 e. The van der Waals surface area contributed by atoms with Crippen molar-refractivity contribution in [3.8, 4) is 0 Å². The normalized spacial score (nSPS) is 11.7. The molecule has 0 aliphatic carbocycles. The summed E-state index contributed by atoms with van der Waals surface area (Å²) in [5.41, 5.74) is 0. The summed E-state index contributed by atoms with van der Waals surface area (Å²) in [5, 5.41) is 33.0. The second kappa shape index (κ2) is 18.7. The molecule has 0 unspecified atom stereocenters. The van der Waals surface area contributed by atoms with E-state index in [2.05, 4.69) is 12.2 Å². The van der Waals surface area contributed by atoms with Gasteiger partial charge in [0, 0.05) is 19.4 Å². The Morgan fingerprint density at radius 3 is 1.74 bits per heavy atom. The Morgan fingerprint density at radius 1 is 0.778 bits per heavy atom. The van der Waals surface area contributed by atoms with Gasteiger partial charge in [-0.2, -0.15) is 0 Å². The Bertz CT molecular complexity index is 334. The van der Waals surface area contributed by atoms with Gasteiger partial charge in [-0.05, 0) is 6.42 Å². The number of hydroxylamine groups is 3. The van der Waals surface area contributed by atoms with Crippen molar-refractivity contribution in [1.29, 1.82) is 0 Å². The van der Waals surface area contributed by atoms with Crippen LogP contribution in [0, 0.1) is 5.21 Å². The zero-order valence-electron chi connectivity index (χ0n) is 17.6. The number of aliphatic hydroxyl groups excluding tert-OH is 2. The third-order valence-electron chi connectivity index (χ3n) is 5.09. The third-order valence-corrected chi connectivity index (χ3v) is 5.09. The second-order valence-corrected chi connectivity index (χ2v) is 7.67. The molecular formula is C21H44N2O4. The fraction of sp³-hybridized carbons (Fsp3) is 0.952. The molecule has 0 aliphatic heterocycles. The zero-order chi connectivity index (χ0) is 20.2. The van der Waals surface area contributed by atoms with E-state index in [9.17, 15) is 10.0 Å². The van der Waals surface area contributed by atoms with Gasteiger partial charge < -0.3 is 25.4 Å². The van der Waals surface area contributed by atoms with Crippen LogP contribution in [0.3, 0.4) is 0 Å². The molecule has 162 valence electrons. The monoisotopic (exact) mass is 388 g/mol. The van der Waals surface area contributed by atoms with E-state index in [0.717, 1.165) is 12.8 Å². The third kappa shape index (κ3) is 17.2. The first kappa shape index (κ1) is 26.3. The molecule has 0 saturated heterocycles. The molecule has 27 heavy (non-hydrogen) atoms. The topological polar surface area (TPSA) is 92.6 Å². The average Bonchev–Trinajstić information content (AvgIpc) is 2.64. The Labute approximate surface area is 166 Å². The molecule has 0 aromatic rings. The highest BCUT2D eigenvalue weighted by Crippen LogP contribution is 2.12. The van der Waals surface area contributed by atoms with E-state index in [1.807, 2.05) is 0 Å². The highest BCUT2D eigenvalue weighted by atomic mass is 16.5. The lowest BCUT2D eigenvalue weighted by Gasteiger charge is -2.42. The summed E-state index contributed by atoms with van der Waals surface area (Å²) in [6, 6.07) is 0. The Kier molecular flexibility index (Phi) is 18.2. The minimum atomic E-state index is -0.596. The molecule has 0 aromatic carbocycles. The second-order valence-electron chi connectivity index (χ2n) is 7.67. The number of nitrogens with one attached hydrogen (secondary N) is 1. The summed E-state index contributed by atoms with van der Waals surface area (Å²) in [5.74, 6) is 0.0549. The molecule has 0 spiro atoms. The van der Waals surface area contributed by atoms with Crippen LogP contribution in [0.2, 0.25) is 0 Å². The molecule has 0 aromatic heterocycles. The van der Waals surface area contributed by atoms with Gasteiger partial charge in [-0.25, -0.2) is 0 Å². The number of amides is 1. The van der Waals surface area contributed by atoms with Crippen molar-refractivity contribution in [2.45, 2.75) is 90.4 Å². The van der Waals surface area contributed by atoms with E-state index >= 15 is 0 Å². The summed E-state index contributed by atoms with van der Waals surface area (Å²) in [7, 11) is 0. The number of aliphatic hydroxyl groups is 2. The summed E-state index contributed by atoms with van der Waals surface area (Å²) >= 11 is 0. The van der Waals surface area contributed by atoms with Gasteiger partial charge in [-0.1, -0.05) is 71.1 Å². The van der Waals surface area contributed by atoms with Gasteiger partial charge in [0.1, 0.15) is 13.1 Å². The summed E-state index contributed by atoms with van der Waals surface area (Å²) in [4.78, 5) is 11.8. The van der Waals surface area contributed by atoms with Crippen LogP contribution in [0.25, 0.3) is 0 Å². The van der Waals surface area contributed by atoms with Gasteiger partial charge in [0.2, 0.25) is 5.91 Å². The minimum absolute atomic E-state index is 0.0549. The van der Waals surface area contributed by atoms with E-state index in [1.54, 1.807) is 0 Å². The van der Waals surface area contributed by atoms with Crippen LogP contribution in [0.4, 0.5) is 0 Å². The van der Waals surface area contributed by atoms with Gasteiger partial charge in [0.05, 0.1) is 19.8 Å².